The fourth-order valence-corrected chi connectivity index (χ4v) is 7.20. The van der Waals surface area contributed by atoms with Crippen LogP contribution in [0.25, 0.3) is 0 Å². The van der Waals surface area contributed by atoms with Gasteiger partial charge in [0.2, 0.25) is 0 Å². The van der Waals surface area contributed by atoms with Crippen LogP contribution in [0, 0.1) is 0 Å². The van der Waals surface area contributed by atoms with Crippen LogP contribution in [0.2, 0.25) is 0 Å². The molecule has 0 saturated carbocycles. The van der Waals surface area contributed by atoms with Crippen molar-refractivity contribution >= 4 is 17.9 Å². The van der Waals surface area contributed by atoms with E-state index in [-0.39, 0.29) is 31.1 Å². The number of carbonyl (C=O) groups is 3. The number of carbonyl (C=O) groups excluding carboxylic acids is 3. The maximum Gasteiger partial charge on any atom is 0.306 e. The number of allylic oxidation sites excluding steroid dienone is 16. The molecule has 0 amide bonds. The van der Waals surface area contributed by atoms with Crippen LogP contribution in [0.3, 0.4) is 0 Å². The first kappa shape index (κ1) is 62.3. The van der Waals surface area contributed by atoms with E-state index in [2.05, 4.69) is 118 Å². The normalized spacial score (nSPS) is 12.8. The molecule has 66 heavy (non-hydrogen) atoms. The van der Waals surface area contributed by atoms with Gasteiger partial charge in [0.15, 0.2) is 6.10 Å². The van der Waals surface area contributed by atoms with E-state index < -0.39 is 6.10 Å². The van der Waals surface area contributed by atoms with E-state index in [0.717, 1.165) is 128 Å². The minimum atomic E-state index is -0.803. The highest BCUT2D eigenvalue weighted by molar-refractivity contribution is 5.71. The lowest BCUT2D eigenvalue weighted by atomic mass is 10.1. The fraction of sp³-hybridized carbons (Fsp3) is 0.683. The van der Waals surface area contributed by atoms with Gasteiger partial charge in [-0.2, -0.15) is 0 Å². The Hall–Kier alpha value is -3.67. The molecule has 0 aliphatic carbocycles. The average molecular weight is 917 g/mol. The molecule has 0 spiro atoms. The van der Waals surface area contributed by atoms with Crippen molar-refractivity contribution in [1.82, 2.24) is 0 Å². The molecule has 0 aliphatic heterocycles. The van der Waals surface area contributed by atoms with Crippen molar-refractivity contribution in [1.29, 1.82) is 0 Å². The van der Waals surface area contributed by atoms with Gasteiger partial charge in [-0.25, -0.2) is 0 Å². The molecule has 0 heterocycles. The Morgan fingerprint density at radius 1 is 0.333 bits per heavy atom. The number of ether oxygens (including phenoxy) is 3. The first-order valence-electron chi connectivity index (χ1n) is 27.3. The summed E-state index contributed by atoms with van der Waals surface area (Å²) >= 11 is 0. The van der Waals surface area contributed by atoms with Crippen molar-refractivity contribution < 1.29 is 28.6 Å². The van der Waals surface area contributed by atoms with Gasteiger partial charge in [0.05, 0.1) is 0 Å². The molecule has 0 saturated heterocycles. The number of hydrogen-bond acceptors (Lipinski definition) is 6. The minimum absolute atomic E-state index is 0.0999. The summed E-state index contributed by atoms with van der Waals surface area (Å²) in [5, 5.41) is 0. The summed E-state index contributed by atoms with van der Waals surface area (Å²) in [5.74, 6) is -0.959. The Bertz CT molecular complexity index is 1330. The smallest absolute Gasteiger partial charge is 0.306 e. The van der Waals surface area contributed by atoms with Gasteiger partial charge in [-0.15, -0.1) is 0 Å². The lowest BCUT2D eigenvalue weighted by Crippen LogP contribution is -2.30. The van der Waals surface area contributed by atoms with E-state index >= 15 is 0 Å². The van der Waals surface area contributed by atoms with Crippen molar-refractivity contribution in [2.45, 2.75) is 252 Å². The molecular weight excluding hydrogens is 817 g/mol. The van der Waals surface area contributed by atoms with Crippen molar-refractivity contribution in [2.24, 2.45) is 0 Å². The van der Waals surface area contributed by atoms with Crippen LogP contribution in [-0.2, 0) is 28.6 Å². The Balaban J connectivity index is 4.46. The quantitative estimate of drug-likeness (QED) is 0.0199. The lowest BCUT2D eigenvalue weighted by molar-refractivity contribution is -0.167. The van der Waals surface area contributed by atoms with Gasteiger partial charge < -0.3 is 14.2 Å². The highest BCUT2D eigenvalue weighted by atomic mass is 16.6. The van der Waals surface area contributed by atoms with E-state index in [9.17, 15) is 14.4 Å². The second-order valence-electron chi connectivity index (χ2n) is 17.8. The number of esters is 3. The highest BCUT2D eigenvalue weighted by Crippen LogP contribution is 2.13. The third-order valence-electron chi connectivity index (χ3n) is 11.3. The van der Waals surface area contributed by atoms with Crippen molar-refractivity contribution in [3.8, 4) is 0 Å². The predicted molar refractivity (Wildman–Crippen MR) is 284 cm³/mol. The Morgan fingerprint density at radius 3 is 1.09 bits per heavy atom. The Labute approximate surface area is 407 Å². The zero-order valence-electron chi connectivity index (χ0n) is 42.9. The molecule has 376 valence electrons. The van der Waals surface area contributed by atoms with Crippen molar-refractivity contribution in [3.63, 3.8) is 0 Å². The van der Waals surface area contributed by atoms with Crippen LogP contribution >= 0.6 is 0 Å². The van der Waals surface area contributed by atoms with E-state index in [1.165, 1.54) is 77.0 Å². The van der Waals surface area contributed by atoms with Gasteiger partial charge in [0.1, 0.15) is 13.2 Å². The van der Waals surface area contributed by atoms with Gasteiger partial charge in [-0.1, -0.05) is 214 Å². The summed E-state index contributed by atoms with van der Waals surface area (Å²) in [6.07, 6.45) is 71.1. The second-order valence-corrected chi connectivity index (χ2v) is 17.8. The molecule has 0 radical (unpaired) electrons. The molecule has 0 bridgehead atoms. The van der Waals surface area contributed by atoms with Crippen molar-refractivity contribution in [3.05, 3.63) is 97.2 Å². The molecule has 0 rings (SSSR count). The van der Waals surface area contributed by atoms with E-state index in [1.54, 1.807) is 0 Å². The third kappa shape index (κ3) is 51.3. The summed E-state index contributed by atoms with van der Waals surface area (Å²) in [4.78, 5) is 38.0. The lowest BCUT2D eigenvalue weighted by Gasteiger charge is -2.18. The van der Waals surface area contributed by atoms with Gasteiger partial charge in [-0.3, -0.25) is 14.4 Å². The molecule has 6 heteroatoms. The second kappa shape index (κ2) is 53.9. The minimum Gasteiger partial charge on any atom is -0.462 e. The summed E-state index contributed by atoms with van der Waals surface area (Å²) in [5.41, 5.74) is 0. The van der Waals surface area contributed by atoms with Crippen LogP contribution in [0.15, 0.2) is 97.2 Å². The van der Waals surface area contributed by atoms with E-state index in [4.69, 9.17) is 14.2 Å². The highest BCUT2D eigenvalue weighted by Gasteiger charge is 2.19. The molecule has 1 atom stereocenters. The number of hydrogen-bond donors (Lipinski definition) is 0. The molecule has 0 aromatic heterocycles. The first-order valence-corrected chi connectivity index (χ1v) is 27.3. The van der Waals surface area contributed by atoms with Crippen LogP contribution < -0.4 is 0 Å². The standard InChI is InChI=1S/C60H100O6/c1-4-7-10-13-16-19-22-24-26-28-30-32-33-35-38-41-44-47-50-53-59(62)65-56-57(55-64-58(61)52-49-46-43-40-37-21-18-15-12-9-6-3)66-60(63)54-51-48-45-42-39-36-34-31-29-27-25-23-20-17-14-11-8-5-2/h7,10,15-16,18-19,24,26-27,29-32,34-35,38,57H,4-6,8-9,11-14,17,20-23,25,28,33,36-37,39-56H2,1-3H3/b10-7-,18-15-,19-16-,26-24-,29-27-,32-30-,34-31-,38-35-. The molecule has 6 nitrogen and oxygen atoms in total. The number of rotatable bonds is 48. The maximum atomic E-state index is 12.8. The van der Waals surface area contributed by atoms with Crippen LogP contribution in [0.4, 0.5) is 0 Å². The molecular formula is C60H100O6. The molecule has 0 aliphatic rings. The Kier molecular flexibility index (Phi) is 50.9. The maximum absolute atomic E-state index is 12.8. The van der Waals surface area contributed by atoms with Gasteiger partial charge in [0, 0.05) is 19.3 Å². The van der Waals surface area contributed by atoms with Crippen LogP contribution in [-0.4, -0.2) is 37.2 Å². The number of unbranched alkanes of at least 4 members (excludes halogenated alkanes) is 22. The van der Waals surface area contributed by atoms with Crippen LogP contribution in [0.5, 0.6) is 0 Å². The topological polar surface area (TPSA) is 78.9 Å². The molecule has 0 aromatic rings. The Morgan fingerprint density at radius 2 is 0.652 bits per heavy atom. The van der Waals surface area contributed by atoms with Gasteiger partial charge in [0.25, 0.3) is 0 Å². The summed E-state index contributed by atoms with van der Waals surface area (Å²) in [6, 6.07) is 0. The zero-order valence-corrected chi connectivity index (χ0v) is 42.9. The molecule has 0 aromatic carbocycles. The molecule has 0 N–H and O–H groups in total. The summed E-state index contributed by atoms with van der Waals surface area (Å²) in [6.45, 7) is 6.43. The predicted octanol–water partition coefficient (Wildman–Crippen LogP) is 18.1. The van der Waals surface area contributed by atoms with E-state index in [0.29, 0.717) is 19.3 Å². The fourth-order valence-electron chi connectivity index (χ4n) is 7.20. The third-order valence-corrected chi connectivity index (χ3v) is 11.3. The molecule has 0 fully saturated rings. The summed E-state index contributed by atoms with van der Waals surface area (Å²) in [7, 11) is 0. The van der Waals surface area contributed by atoms with Crippen molar-refractivity contribution in [2.75, 3.05) is 13.2 Å². The first-order chi connectivity index (χ1) is 32.5. The van der Waals surface area contributed by atoms with Gasteiger partial charge >= 0.3 is 17.9 Å². The molecule has 1 unspecified atom stereocenters. The SMILES string of the molecule is CC/C=C\C/C=C\C/C=C\C/C=C\C/C=C\CCCCCC(=O)OCC(COC(=O)CCCCCCC/C=C\CCCC)OC(=O)CCCCCCC/C=C\C=C/CCCCCCCCC. The van der Waals surface area contributed by atoms with Crippen LogP contribution in [0.1, 0.15) is 245 Å². The monoisotopic (exact) mass is 917 g/mol. The average Bonchev–Trinajstić information content (AvgIpc) is 3.31. The van der Waals surface area contributed by atoms with Gasteiger partial charge in [-0.05, 0) is 109 Å². The summed E-state index contributed by atoms with van der Waals surface area (Å²) < 4.78 is 16.8. The zero-order chi connectivity index (χ0) is 47.9. The van der Waals surface area contributed by atoms with E-state index in [1.807, 2.05) is 0 Å². The largest absolute Gasteiger partial charge is 0.462 e.